The molecule has 0 saturated carbocycles. The highest BCUT2D eigenvalue weighted by molar-refractivity contribution is 6.22. The first-order chi connectivity index (χ1) is 11.2. The Morgan fingerprint density at radius 3 is 2.58 bits per heavy atom. The number of methoxy groups -OCH3 is 1. The Hall–Kier alpha value is -1.80. The Kier molecular flexibility index (Phi) is 7.50. The van der Waals surface area contributed by atoms with Crippen LogP contribution in [-0.2, 0) is 14.3 Å². The molecule has 1 heterocycles. The van der Waals surface area contributed by atoms with Gasteiger partial charge in [-0.15, -0.1) is 0 Å². The number of hydrogen-bond donors (Lipinski definition) is 1. The summed E-state index contributed by atoms with van der Waals surface area (Å²) in [4.78, 5) is 40.0. The second kappa shape index (κ2) is 8.89. The lowest BCUT2D eigenvalue weighted by Gasteiger charge is -2.27. The molecule has 0 aromatic heterocycles. The van der Waals surface area contributed by atoms with Gasteiger partial charge in [0.25, 0.3) is 0 Å². The fraction of sp³-hybridized carbons (Fsp3) is 0.750. The van der Waals surface area contributed by atoms with E-state index in [1.54, 1.807) is 14.2 Å². The molecule has 24 heavy (non-hydrogen) atoms. The Morgan fingerprint density at radius 2 is 2.04 bits per heavy atom. The molecule has 136 valence electrons. The lowest BCUT2D eigenvalue weighted by atomic mass is 9.98. The van der Waals surface area contributed by atoms with Crippen LogP contribution in [0.3, 0.4) is 0 Å². The SMILES string of the molecule is COCCCN(C)CC(=O)C1C(=O)N(C)C(=O)[N+](CC(C)C)=C1N. The van der Waals surface area contributed by atoms with Crippen molar-refractivity contribution in [1.29, 1.82) is 0 Å². The van der Waals surface area contributed by atoms with E-state index in [4.69, 9.17) is 10.5 Å². The topological polar surface area (TPSA) is 96.0 Å². The van der Waals surface area contributed by atoms with Crippen LogP contribution in [-0.4, -0.2) is 85.4 Å². The Labute approximate surface area is 143 Å². The zero-order chi connectivity index (χ0) is 18.4. The molecular weight excluding hydrogens is 312 g/mol. The molecule has 2 N–H and O–H groups in total. The van der Waals surface area contributed by atoms with Gasteiger partial charge in [0.2, 0.25) is 5.84 Å². The number of hydrogen-bond acceptors (Lipinski definition) is 6. The van der Waals surface area contributed by atoms with Crippen LogP contribution < -0.4 is 5.73 Å². The standard InChI is InChI=1S/C16H28N4O4/c1-11(2)9-20-14(17)13(15(22)19(4)16(20)23)12(21)10-18(3)7-6-8-24-5/h11,13,17H,6-10H2,1-5H3/p+1. The van der Waals surface area contributed by atoms with Crippen molar-refractivity contribution in [3.63, 3.8) is 0 Å². The summed E-state index contributed by atoms with van der Waals surface area (Å²) in [5.74, 6) is -1.76. The number of carbonyl (C=O) groups excluding carboxylic acids is 3. The van der Waals surface area contributed by atoms with Crippen LogP contribution in [0.15, 0.2) is 0 Å². The second-order valence-electron chi connectivity index (χ2n) is 6.59. The van der Waals surface area contributed by atoms with Crippen LogP contribution in [0, 0.1) is 11.8 Å². The molecule has 1 unspecified atom stereocenters. The molecule has 8 heteroatoms. The minimum atomic E-state index is -1.10. The van der Waals surface area contributed by atoms with Crippen LogP contribution in [0.4, 0.5) is 4.79 Å². The van der Waals surface area contributed by atoms with Crippen LogP contribution in [0.1, 0.15) is 20.3 Å². The number of urea groups is 1. The van der Waals surface area contributed by atoms with Gasteiger partial charge in [-0.25, -0.2) is 4.79 Å². The first kappa shape index (κ1) is 20.2. The lowest BCUT2D eigenvalue weighted by Crippen LogP contribution is -2.59. The number of ketones is 1. The van der Waals surface area contributed by atoms with E-state index in [-0.39, 0.29) is 24.1 Å². The maximum atomic E-state index is 12.6. The number of ether oxygens (including phenoxy) is 1. The molecule has 0 aromatic rings. The molecule has 0 radical (unpaired) electrons. The number of imide groups is 1. The van der Waals surface area contributed by atoms with E-state index in [1.807, 2.05) is 18.7 Å². The van der Waals surface area contributed by atoms with Crippen molar-refractivity contribution in [3.05, 3.63) is 0 Å². The van der Waals surface area contributed by atoms with Gasteiger partial charge in [-0.3, -0.25) is 14.5 Å². The average Bonchev–Trinajstić information content (AvgIpc) is 2.49. The van der Waals surface area contributed by atoms with Crippen LogP contribution in [0.25, 0.3) is 0 Å². The molecule has 0 bridgehead atoms. The number of rotatable bonds is 9. The molecule has 0 spiro atoms. The van der Waals surface area contributed by atoms with E-state index in [1.165, 1.54) is 11.6 Å². The summed E-state index contributed by atoms with van der Waals surface area (Å²) < 4.78 is 6.32. The number of likely N-dealkylation sites (N-methyl/N-ethyl adjacent to an activating group) is 1. The smallest absolute Gasteiger partial charge is 0.385 e. The van der Waals surface area contributed by atoms with Crippen molar-refractivity contribution in [3.8, 4) is 0 Å². The van der Waals surface area contributed by atoms with Gasteiger partial charge in [0.1, 0.15) is 0 Å². The zero-order valence-electron chi connectivity index (χ0n) is 15.2. The van der Waals surface area contributed by atoms with E-state index >= 15 is 0 Å². The number of Topliss-reactive ketones (excluding diaryl/α,β-unsaturated/α-hetero) is 1. The largest absolute Gasteiger partial charge is 0.445 e. The summed E-state index contributed by atoms with van der Waals surface area (Å²) in [6.07, 6.45) is 0.788. The Morgan fingerprint density at radius 1 is 1.42 bits per heavy atom. The van der Waals surface area contributed by atoms with E-state index < -0.39 is 17.9 Å². The van der Waals surface area contributed by atoms with Crippen molar-refractivity contribution in [2.45, 2.75) is 20.3 Å². The lowest BCUT2D eigenvalue weighted by molar-refractivity contribution is -0.448. The van der Waals surface area contributed by atoms with Gasteiger partial charge >= 0.3 is 11.9 Å². The number of nitrogens with two attached hydrogens (primary N) is 1. The van der Waals surface area contributed by atoms with E-state index in [0.29, 0.717) is 19.7 Å². The Balaban J connectivity index is 2.93. The maximum absolute atomic E-state index is 12.6. The van der Waals surface area contributed by atoms with Crippen LogP contribution in [0.5, 0.6) is 0 Å². The van der Waals surface area contributed by atoms with E-state index in [2.05, 4.69) is 0 Å². The van der Waals surface area contributed by atoms with Crippen LogP contribution >= 0.6 is 0 Å². The molecule has 0 fully saturated rings. The molecule has 1 aliphatic heterocycles. The second-order valence-corrected chi connectivity index (χ2v) is 6.59. The molecular formula is C16H29N4O4+. The van der Waals surface area contributed by atoms with Crippen molar-refractivity contribution in [2.75, 3.05) is 47.4 Å². The summed E-state index contributed by atoms with van der Waals surface area (Å²) in [6.45, 7) is 5.63. The minimum Gasteiger partial charge on any atom is -0.385 e. The molecule has 0 aliphatic carbocycles. The molecule has 3 amide bonds. The monoisotopic (exact) mass is 341 g/mol. The predicted molar refractivity (Wildman–Crippen MR) is 89.8 cm³/mol. The average molecular weight is 341 g/mol. The maximum Gasteiger partial charge on any atom is 0.445 e. The number of nitrogens with zero attached hydrogens (tertiary/aromatic N) is 3. The summed E-state index contributed by atoms with van der Waals surface area (Å²) in [7, 11) is 4.81. The zero-order valence-corrected chi connectivity index (χ0v) is 15.2. The van der Waals surface area contributed by atoms with Crippen molar-refractivity contribution >= 4 is 23.6 Å². The van der Waals surface area contributed by atoms with Crippen molar-refractivity contribution in [2.24, 2.45) is 17.6 Å². The van der Waals surface area contributed by atoms with Gasteiger partial charge in [0.05, 0.1) is 20.1 Å². The van der Waals surface area contributed by atoms with Gasteiger partial charge in [-0.1, -0.05) is 13.8 Å². The van der Waals surface area contributed by atoms with Crippen molar-refractivity contribution < 1.29 is 23.7 Å². The van der Waals surface area contributed by atoms with Crippen LogP contribution in [0.2, 0.25) is 0 Å². The molecule has 1 aliphatic rings. The van der Waals surface area contributed by atoms with Gasteiger partial charge in [0, 0.05) is 20.3 Å². The summed E-state index contributed by atoms with van der Waals surface area (Å²) in [5.41, 5.74) is 6.03. The number of carbonyl (C=O) groups is 3. The molecule has 1 rings (SSSR count). The summed E-state index contributed by atoms with van der Waals surface area (Å²) in [6, 6.07) is -0.483. The highest BCUT2D eigenvalue weighted by Gasteiger charge is 2.47. The first-order valence-electron chi connectivity index (χ1n) is 8.12. The third-order valence-electron chi connectivity index (χ3n) is 3.89. The van der Waals surface area contributed by atoms with Gasteiger partial charge in [-0.2, -0.15) is 9.48 Å². The summed E-state index contributed by atoms with van der Waals surface area (Å²) >= 11 is 0. The minimum absolute atomic E-state index is 0.0343. The predicted octanol–water partition coefficient (Wildman–Crippen LogP) is -0.242. The first-order valence-corrected chi connectivity index (χ1v) is 8.12. The molecule has 8 nitrogen and oxygen atoms in total. The van der Waals surface area contributed by atoms with E-state index in [0.717, 1.165) is 11.3 Å². The van der Waals surface area contributed by atoms with Crippen molar-refractivity contribution in [1.82, 2.24) is 9.80 Å². The van der Waals surface area contributed by atoms with Gasteiger partial charge in [-0.05, 0) is 19.4 Å². The number of amides is 3. The fourth-order valence-electron chi connectivity index (χ4n) is 2.63. The normalized spacial score (nSPS) is 19.0. The molecule has 0 aromatic carbocycles. The highest BCUT2D eigenvalue weighted by atomic mass is 16.5. The highest BCUT2D eigenvalue weighted by Crippen LogP contribution is 2.14. The molecule has 0 saturated heterocycles. The van der Waals surface area contributed by atoms with E-state index in [9.17, 15) is 14.4 Å². The summed E-state index contributed by atoms with van der Waals surface area (Å²) in [5, 5.41) is 0. The van der Waals surface area contributed by atoms with Gasteiger partial charge in [0.15, 0.2) is 11.7 Å². The van der Waals surface area contributed by atoms with Gasteiger partial charge < -0.3 is 10.5 Å². The number of amidine groups is 1. The fourth-order valence-corrected chi connectivity index (χ4v) is 2.63. The quantitative estimate of drug-likeness (QED) is 0.353. The third-order valence-corrected chi connectivity index (χ3v) is 3.89. The third kappa shape index (κ3) is 4.85. The Bertz CT molecular complexity index is 530. The molecule has 1 atom stereocenters.